The molecule has 1 fully saturated rings. The first-order valence-electron chi connectivity index (χ1n) is 9.19. The number of hydrogen-bond donors (Lipinski definition) is 0. The Morgan fingerprint density at radius 2 is 1.97 bits per heavy atom. The number of hydrogen-bond acceptors (Lipinski definition) is 7. The third-order valence-corrected chi connectivity index (χ3v) is 7.92. The summed E-state index contributed by atoms with van der Waals surface area (Å²) in [6.07, 6.45) is 1.35. The summed E-state index contributed by atoms with van der Waals surface area (Å²) in [5.41, 5.74) is 0.0846. The molecule has 0 saturated carbocycles. The van der Waals surface area contributed by atoms with E-state index in [1.807, 2.05) is 0 Å². The molecule has 30 heavy (non-hydrogen) atoms. The van der Waals surface area contributed by atoms with Crippen molar-refractivity contribution in [1.29, 1.82) is 0 Å². The molecular formula is C19H17FN4O4S2. The van der Waals surface area contributed by atoms with Gasteiger partial charge in [0.15, 0.2) is 5.01 Å². The fourth-order valence-corrected chi connectivity index (χ4v) is 5.97. The van der Waals surface area contributed by atoms with Crippen LogP contribution in [0.25, 0.3) is 10.6 Å². The maximum atomic E-state index is 14.0. The van der Waals surface area contributed by atoms with Crippen molar-refractivity contribution >= 4 is 27.0 Å². The first kappa shape index (κ1) is 20.5. The molecule has 1 aromatic heterocycles. The van der Waals surface area contributed by atoms with E-state index in [2.05, 4.69) is 10.2 Å². The zero-order valence-electron chi connectivity index (χ0n) is 15.6. The van der Waals surface area contributed by atoms with E-state index >= 15 is 0 Å². The summed E-state index contributed by atoms with van der Waals surface area (Å²) >= 11 is 1.25. The monoisotopic (exact) mass is 448 g/mol. The van der Waals surface area contributed by atoms with E-state index in [1.165, 1.54) is 39.9 Å². The second-order valence-corrected chi connectivity index (χ2v) is 9.83. The SMILES string of the molecule is O=[N+]([O-])c1cccc(S(=O)(=O)N2CCCC(c3nnc(-c4ccccc4F)s3)C2)c1. The lowest BCUT2D eigenvalue weighted by molar-refractivity contribution is -0.385. The normalized spacial score (nSPS) is 17.7. The molecule has 0 radical (unpaired) electrons. The van der Waals surface area contributed by atoms with Gasteiger partial charge in [-0.1, -0.05) is 29.5 Å². The van der Waals surface area contributed by atoms with Crippen LogP contribution in [0.1, 0.15) is 23.8 Å². The van der Waals surface area contributed by atoms with Crippen molar-refractivity contribution in [3.05, 3.63) is 69.5 Å². The van der Waals surface area contributed by atoms with Gasteiger partial charge in [-0.05, 0) is 31.0 Å². The van der Waals surface area contributed by atoms with Gasteiger partial charge in [0.25, 0.3) is 5.69 Å². The van der Waals surface area contributed by atoms with Crippen LogP contribution in [-0.4, -0.2) is 40.9 Å². The molecule has 1 aliphatic heterocycles. The van der Waals surface area contributed by atoms with Gasteiger partial charge < -0.3 is 0 Å². The maximum absolute atomic E-state index is 14.0. The number of non-ortho nitro benzene ring substituents is 1. The lowest BCUT2D eigenvalue weighted by Gasteiger charge is -2.30. The van der Waals surface area contributed by atoms with Gasteiger partial charge in [-0.25, -0.2) is 12.8 Å². The van der Waals surface area contributed by atoms with Gasteiger partial charge in [-0.3, -0.25) is 10.1 Å². The van der Waals surface area contributed by atoms with Gasteiger partial charge >= 0.3 is 0 Å². The van der Waals surface area contributed by atoms with E-state index in [0.29, 0.717) is 28.5 Å². The van der Waals surface area contributed by atoms with Crippen LogP contribution in [0.4, 0.5) is 10.1 Å². The average Bonchev–Trinajstić information content (AvgIpc) is 3.24. The molecule has 0 spiro atoms. The van der Waals surface area contributed by atoms with Crippen molar-refractivity contribution in [3.8, 4) is 10.6 Å². The fraction of sp³-hybridized carbons (Fsp3) is 0.263. The Labute approximate surface area is 176 Å². The highest BCUT2D eigenvalue weighted by Crippen LogP contribution is 2.35. The van der Waals surface area contributed by atoms with Crippen molar-refractivity contribution in [3.63, 3.8) is 0 Å². The second-order valence-electron chi connectivity index (χ2n) is 6.88. The summed E-state index contributed by atoms with van der Waals surface area (Å²) in [7, 11) is -3.89. The highest BCUT2D eigenvalue weighted by atomic mass is 32.2. The predicted molar refractivity (Wildman–Crippen MR) is 109 cm³/mol. The molecule has 0 bridgehead atoms. The van der Waals surface area contributed by atoms with Crippen molar-refractivity contribution in [2.24, 2.45) is 0 Å². The molecular weight excluding hydrogens is 431 g/mol. The fourth-order valence-electron chi connectivity index (χ4n) is 3.41. The minimum Gasteiger partial charge on any atom is -0.258 e. The van der Waals surface area contributed by atoms with E-state index in [9.17, 15) is 22.9 Å². The van der Waals surface area contributed by atoms with Crippen LogP contribution in [0.5, 0.6) is 0 Å². The number of nitrogens with zero attached hydrogens (tertiary/aromatic N) is 4. The number of halogens is 1. The smallest absolute Gasteiger partial charge is 0.258 e. The van der Waals surface area contributed by atoms with Crippen LogP contribution in [0.15, 0.2) is 53.4 Å². The Balaban J connectivity index is 1.57. The first-order chi connectivity index (χ1) is 14.4. The van der Waals surface area contributed by atoms with Crippen LogP contribution in [0.3, 0.4) is 0 Å². The van der Waals surface area contributed by atoms with E-state index in [4.69, 9.17) is 0 Å². The molecule has 8 nitrogen and oxygen atoms in total. The van der Waals surface area contributed by atoms with E-state index in [-0.39, 0.29) is 23.0 Å². The van der Waals surface area contributed by atoms with Crippen molar-refractivity contribution in [2.75, 3.05) is 13.1 Å². The van der Waals surface area contributed by atoms with Crippen molar-refractivity contribution < 1.29 is 17.7 Å². The number of nitro benzene ring substituents is 1. The number of piperidine rings is 1. The summed E-state index contributed by atoms with van der Waals surface area (Å²) in [5.74, 6) is -0.566. The molecule has 1 unspecified atom stereocenters. The molecule has 1 saturated heterocycles. The van der Waals surface area contributed by atoms with Gasteiger partial charge in [0.2, 0.25) is 10.0 Å². The van der Waals surface area contributed by atoms with E-state index < -0.39 is 20.8 Å². The number of aromatic nitrogens is 2. The van der Waals surface area contributed by atoms with Gasteiger partial charge in [-0.15, -0.1) is 10.2 Å². The maximum Gasteiger partial charge on any atom is 0.270 e. The average molecular weight is 449 g/mol. The highest BCUT2D eigenvalue weighted by molar-refractivity contribution is 7.89. The van der Waals surface area contributed by atoms with Crippen LogP contribution >= 0.6 is 11.3 Å². The molecule has 4 rings (SSSR count). The van der Waals surface area contributed by atoms with Crippen molar-refractivity contribution in [1.82, 2.24) is 14.5 Å². The topological polar surface area (TPSA) is 106 Å². The highest BCUT2D eigenvalue weighted by Gasteiger charge is 2.33. The number of sulfonamides is 1. The number of rotatable bonds is 5. The lowest BCUT2D eigenvalue weighted by atomic mass is 10.0. The van der Waals surface area contributed by atoms with Crippen molar-refractivity contribution in [2.45, 2.75) is 23.7 Å². The Morgan fingerprint density at radius 1 is 1.17 bits per heavy atom. The summed E-state index contributed by atoms with van der Waals surface area (Å²) < 4.78 is 41.4. The first-order valence-corrected chi connectivity index (χ1v) is 11.4. The Bertz CT molecular complexity index is 1200. The predicted octanol–water partition coefficient (Wildman–Crippen LogP) is 3.82. The summed E-state index contributed by atoms with van der Waals surface area (Å²) in [4.78, 5) is 10.3. The third-order valence-electron chi connectivity index (χ3n) is 4.94. The van der Waals surface area contributed by atoms with Gasteiger partial charge in [0, 0.05) is 36.7 Å². The van der Waals surface area contributed by atoms with E-state index in [0.717, 1.165) is 12.5 Å². The largest absolute Gasteiger partial charge is 0.270 e. The van der Waals surface area contributed by atoms with Gasteiger partial charge in [0.1, 0.15) is 10.8 Å². The Morgan fingerprint density at radius 3 is 2.73 bits per heavy atom. The molecule has 0 amide bonds. The van der Waals surface area contributed by atoms with Gasteiger partial charge in [0.05, 0.1) is 9.82 Å². The third kappa shape index (κ3) is 3.95. The molecule has 156 valence electrons. The Kier molecular flexibility index (Phi) is 5.58. The summed E-state index contributed by atoms with van der Waals surface area (Å²) in [5, 5.41) is 20.3. The van der Waals surface area contributed by atoms with Crippen LogP contribution in [-0.2, 0) is 10.0 Å². The summed E-state index contributed by atoms with van der Waals surface area (Å²) in [6, 6.07) is 11.3. The minimum absolute atomic E-state index is 0.110. The molecule has 11 heteroatoms. The quantitative estimate of drug-likeness (QED) is 0.434. The zero-order chi connectivity index (χ0) is 21.3. The number of benzene rings is 2. The van der Waals surface area contributed by atoms with Crippen LogP contribution in [0, 0.1) is 15.9 Å². The van der Waals surface area contributed by atoms with Gasteiger partial charge in [-0.2, -0.15) is 4.31 Å². The Hall–Kier alpha value is -2.76. The van der Waals surface area contributed by atoms with Crippen LogP contribution in [0.2, 0.25) is 0 Å². The molecule has 0 N–H and O–H groups in total. The number of nitro groups is 1. The molecule has 0 aliphatic carbocycles. The molecule has 3 aromatic rings. The minimum atomic E-state index is -3.89. The molecule has 2 heterocycles. The zero-order valence-corrected chi connectivity index (χ0v) is 17.3. The van der Waals surface area contributed by atoms with E-state index in [1.54, 1.807) is 18.2 Å². The second kappa shape index (κ2) is 8.17. The summed E-state index contributed by atoms with van der Waals surface area (Å²) in [6.45, 7) is 0.511. The van der Waals surface area contributed by atoms with Crippen LogP contribution < -0.4 is 0 Å². The molecule has 2 aromatic carbocycles. The molecule has 1 aliphatic rings. The molecule has 1 atom stereocenters. The standard InChI is InChI=1S/C19H17FN4O4S2/c20-17-9-2-1-8-16(17)19-22-21-18(29-19)13-5-4-10-23(12-13)30(27,28)15-7-3-6-14(11-15)24(25)26/h1-3,6-9,11,13H,4-5,10,12H2. The lowest BCUT2D eigenvalue weighted by Crippen LogP contribution is -2.39.